The van der Waals surface area contributed by atoms with E-state index in [4.69, 9.17) is 0 Å². The molecule has 0 heterocycles. The maximum absolute atomic E-state index is 14.8. The average Bonchev–Trinajstić information content (AvgIpc) is 2.68. The first-order chi connectivity index (χ1) is 14.4. The molecule has 0 spiro atoms. The molecule has 0 radical (unpaired) electrons. The highest BCUT2D eigenvalue weighted by molar-refractivity contribution is 6.96. The molecule has 0 aliphatic heterocycles. The van der Waals surface area contributed by atoms with Crippen LogP contribution in [0.2, 0.25) is 0 Å². The van der Waals surface area contributed by atoms with Crippen LogP contribution in [0.3, 0.4) is 0 Å². The van der Waals surface area contributed by atoms with Crippen molar-refractivity contribution in [1.29, 1.82) is 0 Å². The Kier molecular flexibility index (Phi) is 6.18. The van der Waals surface area contributed by atoms with Gasteiger partial charge in [0.05, 0.1) is 0 Å². The van der Waals surface area contributed by atoms with E-state index in [1.165, 1.54) is 0 Å². The van der Waals surface area contributed by atoms with Crippen molar-refractivity contribution in [2.24, 2.45) is 0 Å². The number of benzene rings is 3. The lowest BCUT2D eigenvalue weighted by Crippen LogP contribution is -2.59. The van der Waals surface area contributed by atoms with Crippen LogP contribution in [-0.4, -0.2) is 14.1 Å². The lowest BCUT2D eigenvalue weighted by molar-refractivity contribution is 0.490. The quantitative estimate of drug-likeness (QED) is 0.308. The van der Waals surface area contributed by atoms with Crippen LogP contribution in [-0.2, 0) is 0 Å². The molecular formula is C21H12AlF9. The molecule has 3 aromatic carbocycles. The van der Waals surface area contributed by atoms with Crippen LogP contribution in [0.4, 0.5) is 39.5 Å². The molecule has 162 valence electrons. The van der Waals surface area contributed by atoms with Crippen LogP contribution in [0.5, 0.6) is 0 Å². The van der Waals surface area contributed by atoms with Crippen molar-refractivity contribution >= 4 is 27.4 Å². The molecule has 0 aromatic heterocycles. The Labute approximate surface area is 175 Å². The first-order valence-electron chi connectivity index (χ1n) is 8.80. The van der Waals surface area contributed by atoms with Crippen molar-refractivity contribution in [3.05, 3.63) is 87.2 Å². The zero-order chi connectivity index (χ0) is 23.4. The Morgan fingerprint density at radius 2 is 0.645 bits per heavy atom. The smallest absolute Gasteiger partial charge is 0.208 e. The van der Waals surface area contributed by atoms with E-state index in [0.717, 1.165) is 20.8 Å². The largest absolute Gasteiger partial charge is 0.399 e. The number of rotatable bonds is 3. The number of hydrogen-bond donors (Lipinski definition) is 0. The predicted octanol–water partition coefficient (Wildman–Crippen LogP) is 4.38. The molecule has 0 aliphatic rings. The number of hydrogen-bond acceptors (Lipinski definition) is 0. The fourth-order valence-electron chi connectivity index (χ4n) is 3.68. The Balaban J connectivity index is 2.56. The topological polar surface area (TPSA) is 0 Å². The molecule has 0 unspecified atom stereocenters. The highest BCUT2D eigenvalue weighted by Gasteiger charge is 2.40. The van der Waals surface area contributed by atoms with Gasteiger partial charge in [-0.15, -0.1) is 0 Å². The van der Waals surface area contributed by atoms with E-state index in [0.29, 0.717) is 0 Å². The lowest BCUT2D eigenvalue weighted by atomic mass is 10.2. The second-order valence-electron chi connectivity index (χ2n) is 7.01. The van der Waals surface area contributed by atoms with E-state index >= 15 is 0 Å². The summed E-state index contributed by atoms with van der Waals surface area (Å²) in [7, 11) is 0. The molecule has 0 saturated heterocycles. The van der Waals surface area contributed by atoms with Gasteiger partial charge in [0, 0.05) is 18.2 Å². The van der Waals surface area contributed by atoms with Crippen molar-refractivity contribution in [2.45, 2.75) is 20.8 Å². The Hall–Kier alpha value is -2.44. The standard InChI is InChI=1S/3C7H4F3.Al/c3*1-4-2-5(8)3-6(9)7(4)10;/h3*3H,1H3;. The molecule has 0 bridgehead atoms. The van der Waals surface area contributed by atoms with E-state index in [1.54, 1.807) is 0 Å². The lowest BCUT2D eigenvalue weighted by Gasteiger charge is -2.23. The highest BCUT2D eigenvalue weighted by Crippen LogP contribution is 2.20. The Morgan fingerprint density at radius 3 is 0.871 bits per heavy atom. The average molecular weight is 462 g/mol. The minimum Gasteiger partial charge on any atom is -0.208 e. The van der Waals surface area contributed by atoms with E-state index in [9.17, 15) is 39.5 Å². The van der Waals surface area contributed by atoms with Gasteiger partial charge in [-0.2, -0.15) is 0 Å². The fourth-order valence-corrected chi connectivity index (χ4v) is 7.31. The van der Waals surface area contributed by atoms with E-state index in [1.807, 2.05) is 0 Å². The van der Waals surface area contributed by atoms with Gasteiger partial charge in [0.25, 0.3) is 0 Å². The van der Waals surface area contributed by atoms with Gasteiger partial charge in [0.15, 0.2) is 34.9 Å². The summed E-state index contributed by atoms with van der Waals surface area (Å²) in [4.78, 5) is 0. The van der Waals surface area contributed by atoms with Gasteiger partial charge in [-0.3, -0.25) is 0 Å². The van der Waals surface area contributed by atoms with Crippen molar-refractivity contribution in [2.75, 3.05) is 0 Å². The van der Waals surface area contributed by atoms with Crippen LogP contribution in [0.25, 0.3) is 0 Å². The van der Waals surface area contributed by atoms with E-state index in [-0.39, 0.29) is 18.2 Å². The van der Waals surface area contributed by atoms with Crippen molar-refractivity contribution in [1.82, 2.24) is 0 Å². The summed E-state index contributed by atoms with van der Waals surface area (Å²) in [5.74, 6) is -13.6. The summed E-state index contributed by atoms with van der Waals surface area (Å²) in [5.41, 5.74) is -2.04. The molecule has 3 aromatic rings. The summed E-state index contributed by atoms with van der Waals surface area (Å²) in [6.45, 7) is 2.78. The first kappa shape index (κ1) is 23.2. The van der Waals surface area contributed by atoms with Gasteiger partial charge in [0.1, 0.15) is 17.5 Å². The molecule has 0 nitrogen and oxygen atoms in total. The van der Waals surface area contributed by atoms with E-state index in [2.05, 4.69) is 0 Å². The Morgan fingerprint density at radius 1 is 0.419 bits per heavy atom. The minimum atomic E-state index is -4.04. The van der Waals surface area contributed by atoms with Gasteiger partial charge in [-0.05, 0) is 37.5 Å². The summed E-state index contributed by atoms with van der Waals surface area (Å²) < 4.78 is 126. The number of halogens is 9. The van der Waals surface area contributed by atoms with Crippen molar-refractivity contribution < 1.29 is 39.5 Å². The van der Waals surface area contributed by atoms with Crippen molar-refractivity contribution in [3.8, 4) is 0 Å². The molecule has 0 saturated carbocycles. The van der Waals surface area contributed by atoms with Crippen LogP contribution in [0.15, 0.2) is 18.2 Å². The molecule has 0 fully saturated rings. The fraction of sp³-hybridized carbons (Fsp3) is 0.143. The molecule has 0 N–H and O–H groups in total. The normalized spacial score (nSPS) is 11.2. The zero-order valence-corrected chi connectivity index (χ0v) is 17.4. The third-order valence-corrected chi connectivity index (χ3v) is 9.09. The van der Waals surface area contributed by atoms with Crippen LogP contribution in [0.1, 0.15) is 16.7 Å². The molecule has 0 amide bonds. The van der Waals surface area contributed by atoms with Crippen molar-refractivity contribution in [3.63, 3.8) is 0 Å². The first-order valence-corrected chi connectivity index (χ1v) is 10.5. The van der Waals surface area contributed by atoms with Gasteiger partial charge < -0.3 is 0 Å². The molecule has 3 rings (SSSR count). The van der Waals surface area contributed by atoms with Crippen LogP contribution in [0, 0.1) is 73.1 Å². The molecular weight excluding hydrogens is 450 g/mol. The monoisotopic (exact) mass is 462 g/mol. The van der Waals surface area contributed by atoms with Crippen LogP contribution >= 0.6 is 0 Å². The molecule has 10 heteroatoms. The maximum Gasteiger partial charge on any atom is 0.399 e. The Bertz CT molecular complexity index is 1070. The van der Waals surface area contributed by atoms with Gasteiger partial charge >= 0.3 is 14.1 Å². The maximum atomic E-state index is 14.8. The summed E-state index contributed by atoms with van der Waals surface area (Å²) >= 11 is -4.04. The van der Waals surface area contributed by atoms with Gasteiger partial charge in [-0.1, -0.05) is 13.3 Å². The highest BCUT2D eigenvalue weighted by atomic mass is 27.2. The summed E-state index contributed by atoms with van der Waals surface area (Å²) in [5, 5.41) is 0. The molecule has 0 atom stereocenters. The van der Waals surface area contributed by atoms with Gasteiger partial charge in [0.2, 0.25) is 0 Å². The predicted molar refractivity (Wildman–Crippen MR) is 97.8 cm³/mol. The van der Waals surface area contributed by atoms with Crippen LogP contribution < -0.4 is 13.3 Å². The molecule has 0 aliphatic carbocycles. The molecule has 31 heavy (non-hydrogen) atoms. The minimum absolute atomic E-state index is 0.137. The van der Waals surface area contributed by atoms with E-state index < -0.39 is 96.5 Å². The third kappa shape index (κ3) is 3.72. The second kappa shape index (κ2) is 8.25. The SMILES string of the molecule is Cc1c(F)c(F)cc(F)[c]1[Al]([c]1c(F)cc(F)c(F)c1C)[c]1c(F)cc(F)c(F)c1C. The second-order valence-corrected chi connectivity index (χ2v) is 9.61. The summed E-state index contributed by atoms with van der Waals surface area (Å²) in [6.07, 6.45) is 0. The third-order valence-electron chi connectivity index (χ3n) is 5.23. The summed E-state index contributed by atoms with van der Waals surface area (Å²) in [6, 6.07) is 0.410. The van der Waals surface area contributed by atoms with Gasteiger partial charge in [-0.25, -0.2) is 39.5 Å². The zero-order valence-electron chi connectivity index (χ0n) is 16.2.